The van der Waals surface area contributed by atoms with Gasteiger partial charge in [-0.25, -0.2) is 0 Å². The summed E-state index contributed by atoms with van der Waals surface area (Å²) in [5.41, 5.74) is 2.67. The van der Waals surface area contributed by atoms with E-state index in [-0.39, 0.29) is 0 Å². The predicted molar refractivity (Wildman–Crippen MR) is 90.5 cm³/mol. The summed E-state index contributed by atoms with van der Waals surface area (Å²) in [4.78, 5) is 4.39. The molecular formula is C16H11Cl3N2. The quantitative estimate of drug-likeness (QED) is 0.652. The largest absolute Gasteiger partial charge is 0.379 e. The summed E-state index contributed by atoms with van der Waals surface area (Å²) in [5.74, 6) is 0. The van der Waals surface area contributed by atoms with E-state index in [0.29, 0.717) is 21.6 Å². The fraction of sp³-hybridized carbons (Fsp3) is 0.0625. The maximum atomic E-state index is 6.17. The van der Waals surface area contributed by atoms with Crippen LogP contribution in [0.15, 0.2) is 48.7 Å². The number of pyridine rings is 1. The molecule has 0 amide bonds. The standard InChI is InChI=1S/C16H11Cl3N2/c17-12-3-4-14(19)11(7-12)9-21-15-8-13(18)6-10-2-1-5-20-16(10)15/h1-8,21H,9H2. The lowest BCUT2D eigenvalue weighted by molar-refractivity contribution is 1.15. The predicted octanol–water partition coefficient (Wildman–Crippen LogP) is 5.81. The lowest BCUT2D eigenvalue weighted by atomic mass is 10.1. The van der Waals surface area contributed by atoms with Gasteiger partial charge in [0.25, 0.3) is 0 Å². The van der Waals surface area contributed by atoms with Gasteiger partial charge in [-0.2, -0.15) is 0 Å². The first-order chi connectivity index (χ1) is 10.1. The van der Waals surface area contributed by atoms with Crippen LogP contribution in [0.4, 0.5) is 5.69 Å². The maximum absolute atomic E-state index is 6.17. The molecule has 5 heteroatoms. The topological polar surface area (TPSA) is 24.9 Å². The van der Waals surface area contributed by atoms with E-state index < -0.39 is 0 Å². The van der Waals surface area contributed by atoms with Gasteiger partial charge in [0.15, 0.2) is 0 Å². The Kier molecular flexibility index (Phi) is 4.20. The second-order valence-electron chi connectivity index (χ2n) is 4.62. The number of anilines is 1. The summed E-state index contributed by atoms with van der Waals surface area (Å²) in [5, 5.41) is 6.31. The Morgan fingerprint density at radius 2 is 1.81 bits per heavy atom. The van der Waals surface area contributed by atoms with Gasteiger partial charge in [0.05, 0.1) is 11.2 Å². The van der Waals surface area contributed by atoms with Gasteiger partial charge < -0.3 is 5.32 Å². The van der Waals surface area contributed by atoms with Crippen LogP contribution in [-0.2, 0) is 6.54 Å². The molecule has 0 saturated heterocycles. The molecule has 0 spiro atoms. The van der Waals surface area contributed by atoms with Crippen LogP contribution in [0.2, 0.25) is 15.1 Å². The van der Waals surface area contributed by atoms with E-state index in [1.807, 2.05) is 30.3 Å². The van der Waals surface area contributed by atoms with Crippen molar-refractivity contribution in [1.82, 2.24) is 4.98 Å². The van der Waals surface area contributed by atoms with E-state index in [0.717, 1.165) is 22.2 Å². The minimum absolute atomic E-state index is 0.547. The summed E-state index contributed by atoms with van der Waals surface area (Å²) in [6.45, 7) is 0.547. The van der Waals surface area contributed by atoms with Crippen LogP contribution in [-0.4, -0.2) is 4.98 Å². The number of rotatable bonds is 3. The average molecular weight is 338 g/mol. The third kappa shape index (κ3) is 3.24. The summed E-state index contributed by atoms with van der Waals surface area (Å²) in [7, 11) is 0. The summed E-state index contributed by atoms with van der Waals surface area (Å²) < 4.78 is 0. The average Bonchev–Trinajstić information content (AvgIpc) is 2.47. The zero-order chi connectivity index (χ0) is 14.8. The van der Waals surface area contributed by atoms with Crippen molar-refractivity contribution < 1.29 is 0 Å². The first kappa shape index (κ1) is 14.5. The molecule has 1 N–H and O–H groups in total. The molecule has 0 unspecified atom stereocenters. The van der Waals surface area contributed by atoms with Crippen molar-refractivity contribution in [1.29, 1.82) is 0 Å². The molecule has 0 aliphatic rings. The van der Waals surface area contributed by atoms with E-state index >= 15 is 0 Å². The zero-order valence-electron chi connectivity index (χ0n) is 10.9. The smallest absolute Gasteiger partial charge is 0.0934 e. The Balaban J connectivity index is 1.93. The van der Waals surface area contributed by atoms with Gasteiger partial charge in [-0.15, -0.1) is 0 Å². The van der Waals surface area contributed by atoms with Crippen molar-refractivity contribution >= 4 is 51.4 Å². The molecular weight excluding hydrogens is 327 g/mol. The molecule has 21 heavy (non-hydrogen) atoms. The van der Waals surface area contributed by atoms with Gasteiger partial charge >= 0.3 is 0 Å². The lowest BCUT2D eigenvalue weighted by Crippen LogP contribution is -2.01. The molecule has 0 aliphatic heterocycles. The van der Waals surface area contributed by atoms with Crippen LogP contribution in [0.5, 0.6) is 0 Å². The fourth-order valence-electron chi connectivity index (χ4n) is 2.16. The van der Waals surface area contributed by atoms with Crippen molar-refractivity contribution in [3.63, 3.8) is 0 Å². The minimum Gasteiger partial charge on any atom is -0.379 e. The highest BCUT2D eigenvalue weighted by molar-refractivity contribution is 6.33. The van der Waals surface area contributed by atoms with Gasteiger partial charge in [0.2, 0.25) is 0 Å². The number of nitrogens with one attached hydrogen (secondary N) is 1. The molecule has 0 aliphatic carbocycles. The maximum Gasteiger partial charge on any atom is 0.0934 e. The Labute approximate surface area is 137 Å². The highest BCUT2D eigenvalue weighted by Crippen LogP contribution is 2.28. The molecule has 2 nitrogen and oxygen atoms in total. The molecule has 1 heterocycles. The minimum atomic E-state index is 0.547. The zero-order valence-corrected chi connectivity index (χ0v) is 13.2. The monoisotopic (exact) mass is 336 g/mol. The normalized spacial score (nSPS) is 10.8. The van der Waals surface area contributed by atoms with E-state index in [4.69, 9.17) is 34.8 Å². The fourth-order valence-corrected chi connectivity index (χ4v) is 2.77. The van der Waals surface area contributed by atoms with Crippen LogP contribution in [0, 0.1) is 0 Å². The van der Waals surface area contributed by atoms with Crippen molar-refractivity contribution in [2.24, 2.45) is 0 Å². The van der Waals surface area contributed by atoms with Crippen LogP contribution >= 0.6 is 34.8 Å². The number of benzene rings is 2. The molecule has 3 rings (SSSR count). The van der Waals surface area contributed by atoms with E-state index in [9.17, 15) is 0 Å². The second-order valence-corrected chi connectivity index (χ2v) is 5.90. The SMILES string of the molecule is Clc1ccc(Cl)c(CNc2cc(Cl)cc3cccnc23)c1. The number of hydrogen-bond donors (Lipinski definition) is 1. The highest BCUT2D eigenvalue weighted by Gasteiger charge is 2.06. The van der Waals surface area contributed by atoms with E-state index in [2.05, 4.69) is 10.3 Å². The Morgan fingerprint density at radius 1 is 0.952 bits per heavy atom. The lowest BCUT2D eigenvalue weighted by Gasteiger charge is -2.11. The number of hydrogen-bond acceptors (Lipinski definition) is 2. The van der Waals surface area contributed by atoms with Crippen LogP contribution in [0.25, 0.3) is 10.9 Å². The van der Waals surface area contributed by atoms with Crippen LogP contribution in [0.1, 0.15) is 5.56 Å². The second kappa shape index (κ2) is 6.10. The van der Waals surface area contributed by atoms with Gasteiger partial charge in [-0.3, -0.25) is 4.98 Å². The Morgan fingerprint density at radius 3 is 2.67 bits per heavy atom. The highest BCUT2D eigenvalue weighted by atomic mass is 35.5. The molecule has 0 atom stereocenters. The summed E-state index contributed by atoms with van der Waals surface area (Å²) in [6, 6.07) is 13.0. The number of halogens is 3. The number of aromatic nitrogens is 1. The Bertz CT molecular complexity index is 803. The van der Waals surface area contributed by atoms with Gasteiger partial charge in [0.1, 0.15) is 0 Å². The first-order valence-electron chi connectivity index (χ1n) is 6.35. The molecule has 0 radical (unpaired) electrons. The van der Waals surface area contributed by atoms with Crippen molar-refractivity contribution in [2.75, 3.05) is 5.32 Å². The van der Waals surface area contributed by atoms with Gasteiger partial charge in [-0.05, 0) is 42.0 Å². The number of nitrogens with zero attached hydrogens (tertiary/aromatic N) is 1. The van der Waals surface area contributed by atoms with Gasteiger partial charge in [0, 0.05) is 33.2 Å². The van der Waals surface area contributed by atoms with E-state index in [1.165, 1.54) is 0 Å². The molecule has 0 bridgehead atoms. The first-order valence-corrected chi connectivity index (χ1v) is 7.49. The molecule has 0 saturated carbocycles. The Hall–Kier alpha value is -1.48. The van der Waals surface area contributed by atoms with Crippen molar-refractivity contribution in [2.45, 2.75) is 6.54 Å². The number of fused-ring (bicyclic) bond motifs is 1. The van der Waals surface area contributed by atoms with Crippen LogP contribution in [0.3, 0.4) is 0 Å². The molecule has 3 aromatic rings. The molecule has 1 aromatic heterocycles. The van der Waals surface area contributed by atoms with Gasteiger partial charge in [-0.1, -0.05) is 40.9 Å². The van der Waals surface area contributed by atoms with Crippen LogP contribution < -0.4 is 5.32 Å². The molecule has 106 valence electrons. The van der Waals surface area contributed by atoms with E-state index in [1.54, 1.807) is 18.3 Å². The van der Waals surface area contributed by atoms with Crippen molar-refractivity contribution in [3.8, 4) is 0 Å². The van der Waals surface area contributed by atoms with Crippen molar-refractivity contribution in [3.05, 3.63) is 69.3 Å². The molecule has 2 aromatic carbocycles. The molecule has 0 fully saturated rings. The third-order valence-electron chi connectivity index (χ3n) is 3.15. The summed E-state index contributed by atoms with van der Waals surface area (Å²) >= 11 is 18.3. The third-order valence-corrected chi connectivity index (χ3v) is 3.97. The summed E-state index contributed by atoms with van der Waals surface area (Å²) in [6.07, 6.45) is 1.76.